The highest BCUT2D eigenvalue weighted by Gasteiger charge is 2.37. The number of ether oxygens (including phenoxy) is 2. The average Bonchev–Trinajstić information content (AvgIpc) is 3.69. The van der Waals surface area contributed by atoms with E-state index < -0.39 is 23.1 Å². The highest BCUT2D eigenvalue weighted by Crippen LogP contribution is 2.32. The number of aromatic nitrogens is 5. The van der Waals surface area contributed by atoms with Gasteiger partial charge < -0.3 is 19.5 Å². The molecule has 1 aliphatic rings. The molecule has 0 unspecified atom stereocenters. The molecule has 1 atom stereocenters. The molecule has 0 saturated carbocycles. The van der Waals surface area contributed by atoms with E-state index in [0.29, 0.717) is 51.7 Å². The zero-order valence-electron chi connectivity index (χ0n) is 24.2. The van der Waals surface area contributed by atoms with Gasteiger partial charge in [0.2, 0.25) is 5.91 Å². The standard InChI is InChI=1S/C25H27FN6O4S.C3H8O2/c1-14(2)29-12-8-18(21(29)33)31-22(34)20-15(3)23(32-27-9-10-28-32)37-24(20)30(25(31)35)11-7-16-13-17(26)5-6-19(16)36-4;1-5-3-2-4/h5-6,9-10,13-14,18H,7-8,11-12H2,1-4H3;4H,2-3H2,1H3/t18-;/m0./s1. The van der Waals surface area contributed by atoms with E-state index in [9.17, 15) is 18.8 Å². The van der Waals surface area contributed by atoms with E-state index in [1.54, 1.807) is 25.0 Å². The molecule has 0 radical (unpaired) electrons. The van der Waals surface area contributed by atoms with Crippen LogP contribution in [0.2, 0.25) is 0 Å². The molecule has 0 spiro atoms. The topological polar surface area (TPSA) is 134 Å². The summed E-state index contributed by atoms with van der Waals surface area (Å²) in [5, 5.41) is 17.3. The van der Waals surface area contributed by atoms with E-state index in [2.05, 4.69) is 14.9 Å². The van der Waals surface area contributed by atoms with Crippen LogP contribution in [-0.4, -0.2) is 80.1 Å². The molecule has 226 valence electrons. The normalized spacial score (nSPS) is 15.0. The van der Waals surface area contributed by atoms with Crippen molar-refractivity contribution in [1.29, 1.82) is 0 Å². The van der Waals surface area contributed by atoms with Gasteiger partial charge >= 0.3 is 5.69 Å². The van der Waals surface area contributed by atoms with Crippen LogP contribution in [0.3, 0.4) is 0 Å². The fourth-order valence-corrected chi connectivity index (χ4v) is 6.28. The summed E-state index contributed by atoms with van der Waals surface area (Å²) in [5.41, 5.74) is 0.136. The monoisotopic (exact) mass is 602 g/mol. The van der Waals surface area contributed by atoms with Crippen molar-refractivity contribution in [3.8, 4) is 10.8 Å². The Bertz CT molecular complexity index is 1660. The third kappa shape index (κ3) is 6.01. The lowest BCUT2D eigenvalue weighted by Gasteiger charge is -2.21. The first-order valence-electron chi connectivity index (χ1n) is 13.5. The largest absolute Gasteiger partial charge is 0.496 e. The van der Waals surface area contributed by atoms with Gasteiger partial charge in [0.25, 0.3) is 5.56 Å². The zero-order valence-corrected chi connectivity index (χ0v) is 25.1. The molecule has 1 N–H and O–H groups in total. The maximum Gasteiger partial charge on any atom is 0.332 e. The number of amides is 1. The number of hydrogen-bond donors (Lipinski definition) is 1. The zero-order chi connectivity index (χ0) is 30.6. The van der Waals surface area contributed by atoms with Crippen molar-refractivity contribution in [1.82, 2.24) is 29.0 Å². The molecule has 5 rings (SSSR count). The number of aryl methyl sites for hydroxylation is 3. The van der Waals surface area contributed by atoms with E-state index in [1.165, 1.54) is 52.3 Å². The third-order valence-electron chi connectivity index (χ3n) is 7.11. The van der Waals surface area contributed by atoms with E-state index in [-0.39, 0.29) is 31.5 Å². The van der Waals surface area contributed by atoms with Gasteiger partial charge in [-0.2, -0.15) is 10.2 Å². The molecule has 1 aromatic carbocycles. The number of aliphatic hydroxyl groups excluding tert-OH is 1. The number of carbonyl (C=O) groups is 1. The molecule has 1 aliphatic heterocycles. The lowest BCUT2D eigenvalue weighted by atomic mass is 10.1. The number of fused-ring (bicyclic) bond motifs is 1. The second kappa shape index (κ2) is 13.4. The molecule has 0 bridgehead atoms. The highest BCUT2D eigenvalue weighted by molar-refractivity contribution is 7.21. The lowest BCUT2D eigenvalue weighted by Crippen LogP contribution is -2.45. The van der Waals surface area contributed by atoms with E-state index in [0.717, 1.165) is 4.57 Å². The Morgan fingerprint density at radius 2 is 1.88 bits per heavy atom. The van der Waals surface area contributed by atoms with Crippen molar-refractivity contribution in [2.24, 2.45) is 0 Å². The number of carbonyl (C=O) groups excluding carboxylic acids is 1. The van der Waals surface area contributed by atoms with Gasteiger partial charge in [0.15, 0.2) is 0 Å². The first-order valence-corrected chi connectivity index (χ1v) is 14.3. The van der Waals surface area contributed by atoms with Gasteiger partial charge in [-0.15, -0.1) is 4.80 Å². The summed E-state index contributed by atoms with van der Waals surface area (Å²) in [6.07, 6.45) is 3.70. The fourth-order valence-electron chi connectivity index (χ4n) is 5.04. The predicted octanol–water partition coefficient (Wildman–Crippen LogP) is 2.31. The van der Waals surface area contributed by atoms with Gasteiger partial charge in [-0.1, -0.05) is 11.3 Å². The number of likely N-dealkylation sites (tertiary alicyclic amines) is 1. The maximum atomic E-state index is 14.0. The van der Waals surface area contributed by atoms with Crippen molar-refractivity contribution in [2.45, 2.75) is 52.2 Å². The Morgan fingerprint density at radius 1 is 1.17 bits per heavy atom. The Balaban J connectivity index is 0.000000748. The summed E-state index contributed by atoms with van der Waals surface area (Å²) in [4.78, 5) is 44.4. The van der Waals surface area contributed by atoms with Crippen LogP contribution in [0.15, 0.2) is 40.2 Å². The van der Waals surface area contributed by atoms with Gasteiger partial charge in [0, 0.05) is 31.8 Å². The van der Waals surface area contributed by atoms with Crippen LogP contribution < -0.4 is 16.0 Å². The quantitative estimate of drug-likeness (QED) is 0.309. The van der Waals surface area contributed by atoms with Crippen molar-refractivity contribution < 1.29 is 23.8 Å². The third-order valence-corrected chi connectivity index (χ3v) is 8.39. The molecule has 1 fully saturated rings. The number of hydrogen-bond acceptors (Lipinski definition) is 9. The molecule has 3 aromatic heterocycles. The number of halogens is 1. The molecule has 1 saturated heterocycles. The Kier molecular flexibility index (Phi) is 9.91. The van der Waals surface area contributed by atoms with Gasteiger partial charge in [-0.05, 0) is 57.4 Å². The van der Waals surface area contributed by atoms with Gasteiger partial charge in [-0.25, -0.2) is 13.8 Å². The lowest BCUT2D eigenvalue weighted by molar-refractivity contribution is -0.131. The van der Waals surface area contributed by atoms with Crippen molar-refractivity contribution in [2.75, 3.05) is 34.0 Å². The van der Waals surface area contributed by atoms with Crippen LogP contribution in [0.25, 0.3) is 15.2 Å². The summed E-state index contributed by atoms with van der Waals surface area (Å²) in [7, 11) is 3.05. The smallest absolute Gasteiger partial charge is 0.332 e. The van der Waals surface area contributed by atoms with Gasteiger partial charge in [0.05, 0.1) is 38.1 Å². The number of methoxy groups -OCH3 is 2. The molecule has 1 amide bonds. The molecule has 42 heavy (non-hydrogen) atoms. The minimum absolute atomic E-state index is 0.0417. The van der Waals surface area contributed by atoms with Crippen LogP contribution in [-0.2, 0) is 22.5 Å². The SMILES string of the molecule is COCCO.COc1ccc(F)cc1CCn1c(=O)n([C@H]2CCN(C(C)C)C2=O)c(=O)c2c(C)c(-n3nccn3)sc21. The van der Waals surface area contributed by atoms with E-state index in [4.69, 9.17) is 9.84 Å². The summed E-state index contributed by atoms with van der Waals surface area (Å²) in [6.45, 7) is 6.78. The number of rotatable bonds is 9. The molecule has 4 aromatic rings. The van der Waals surface area contributed by atoms with E-state index in [1.807, 2.05) is 13.8 Å². The predicted molar refractivity (Wildman–Crippen MR) is 156 cm³/mol. The number of nitrogens with zero attached hydrogens (tertiary/aromatic N) is 6. The number of benzene rings is 1. The minimum atomic E-state index is -0.882. The summed E-state index contributed by atoms with van der Waals surface area (Å²) in [5.74, 6) is -0.155. The first kappa shape index (κ1) is 31.1. The Labute approximate surface area is 245 Å². The van der Waals surface area contributed by atoms with Gasteiger partial charge in [0.1, 0.15) is 27.4 Å². The second-order valence-electron chi connectivity index (χ2n) is 9.99. The van der Waals surface area contributed by atoms with Gasteiger partial charge in [-0.3, -0.25) is 14.2 Å². The van der Waals surface area contributed by atoms with Crippen LogP contribution >= 0.6 is 11.3 Å². The molecular weight excluding hydrogens is 567 g/mol. The summed E-state index contributed by atoms with van der Waals surface area (Å²) in [6, 6.07) is 3.30. The second-order valence-corrected chi connectivity index (χ2v) is 11.0. The average molecular weight is 603 g/mol. The van der Waals surface area contributed by atoms with Crippen molar-refractivity contribution >= 4 is 27.5 Å². The Morgan fingerprint density at radius 3 is 2.45 bits per heavy atom. The molecule has 14 heteroatoms. The fraction of sp³-hybridized carbons (Fsp3) is 0.464. The Hall–Kier alpha value is -3.88. The van der Waals surface area contributed by atoms with Crippen molar-refractivity contribution in [3.63, 3.8) is 0 Å². The number of thiophene rings is 1. The number of aliphatic hydroxyl groups is 1. The van der Waals surface area contributed by atoms with Crippen molar-refractivity contribution in [3.05, 3.63) is 68.4 Å². The molecule has 0 aliphatic carbocycles. The van der Waals surface area contributed by atoms with Crippen LogP contribution in [0.4, 0.5) is 4.39 Å². The minimum Gasteiger partial charge on any atom is -0.496 e. The summed E-state index contributed by atoms with van der Waals surface area (Å²) >= 11 is 1.23. The first-order chi connectivity index (χ1) is 20.1. The van der Waals surface area contributed by atoms with Crippen LogP contribution in [0.5, 0.6) is 5.75 Å². The molecule has 12 nitrogen and oxygen atoms in total. The highest BCUT2D eigenvalue weighted by atomic mass is 32.1. The maximum absolute atomic E-state index is 14.0. The van der Waals surface area contributed by atoms with E-state index >= 15 is 0 Å². The van der Waals surface area contributed by atoms with Crippen LogP contribution in [0, 0.1) is 12.7 Å². The van der Waals surface area contributed by atoms with Crippen LogP contribution in [0.1, 0.15) is 37.4 Å². The summed E-state index contributed by atoms with van der Waals surface area (Å²) < 4.78 is 26.4. The molecule has 4 heterocycles. The molecular formula is C28H35FN6O6S.